The minimum absolute atomic E-state index is 0.0919. The third kappa shape index (κ3) is 2.03. The standard InChI is InChI=1S/C7H11N3O3/c1-4(2)5-8-6(13-9-5)7(11)10(3)12/h4,12H,1-3H3. The molecule has 0 spiro atoms. The van der Waals surface area contributed by atoms with Gasteiger partial charge < -0.3 is 4.52 Å². The lowest BCUT2D eigenvalue weighted by molar-refractivity contribution is -0.0407. The van der Waals surface area contributed by atoms with Gasteiger partial charge in [-0.15, -0.1) is 0 Å². The molecular formula is C7H11N3O3. The Morgan fingerprint density at radius 3 is 2.62 bits per heavy atom. The van der Waals surface area contributed by atoms with Crippen LogP contribution in [0, 0.1) is 0 Å². The number of carbonyl (C=O) groups excluding carboxylic acids is 1. The molecule has 0 aliphatic rings. The summed E-state index contributed by atoms with van der Waals surface area (Å²) in [6.07, 6.45) is 0. The Morgan fingerprint density at radius 2 is 2.23 bits per heavy atom. The minimum atomic E-state index is -0.709. The SMILES string of the molecule is CC(C)c1noc(C(=O)N(C)O)n1. The summed E-state index contributed by atoms with van der Waals surface area (Å²) in [4.78, 5) is 14.9. The van der Waals surface area contributed by atoms with Crippen molar-refractivity contribution in [2.45, 2.75) is 19.8 Å². The Hall–Kier alpha value is -1.43. The number of aromatic nitrogens is 2. The third-order valence-corrected chi connectivity index (χ3v) is 1.44. The van der Waals surface area contributed by atoms with Gasteiger partial charge in [0.1, 0.15) is 0 Å². The molecule has 1 aromatic rings. The van der Waals surface area contributed by atoms with Crippen molar-refractivity contribution in [3.63, 3.8) is 0 Å². The maximum atomic E-state index is 11.1. The first-order valence-electron chi connectivity index (χ1n) is 3.83. The maximum absolute atomic E-state index is 11.1. The number of carbonyl (C=O) groups is 1. The highest BCUT2D eigenvalue weighted by atomic mass is 16.5. The van der Waals surface area contributed by atoms with Crippen LogP contribution in [0.2, 0.25) is 0 Å². The lowest BCUT2D eigenvalue weighted by Crippen LogP contribution is -2.22. The second-order valence-electron chi connectivity index (χ2n) is 2.94. The lowest BCUT2D eigenvalue weighted by atomic mass is 10.2. The number of hydrogen-bond acceptors (Lipinski definition) is 5. The van der Waals surface area contributed by atoms with Crippen LogP contribution >= 0.6 is 0 Å². The van der Waals surface area contributed by atoms with Gasteiger partial charge in [-0.2, -0.15) is 4.98 Å². The molecular weight excluding hydrogens is 174 g/mol. The molecule has 0 radical (unpaired) electrons. The van der Waals surface area contributed by atoms with E-state index >= 15 is 0 Å². The van der Waals surface area contributed by atoms with Gasteiger partial charge in [0.25, 0.3) is 0 Å². The van der Waals surface area contributed by atoms with Gasteiger partial charge in [-0.3, -0.25) is 10.0 Å². The zero-order valence-corrected chi connectivity index (χ0v) is 7.68. The monoisotopic (exact) mass is 185 g/mol. The van der Waals surface area contributed by atoms with Crippen LogP contribution in [0.15, 0.2) is 4.52 Å². The molecule has 0 saturated carbocycles. The summed E-state index contributed by atoms with van der Waals surface area (Å²) in [6, 6.07) is 0. The van der Waals surface area contributed by atoms with E-state index in [2.05, 4.69) is 14.7 Å². The van der Waals surface area contributed by atoms with Crippen LogP contribution in [0.5, 0.6) is 0 Å². The summed E-state index contributed by atoms with van der Waals surface area (Å²) >= 11 is 0. The van der Waals surface area contributed by atoms with E-state index in [1.807, 2.05) is 13.8 Å². The summed E-state index contributed by atoms with van der Waals surface area (Å²) in [6.45, 7) is 3.75. The highest BCUT2D eigenvalue weighted by Gasteiger charge is 2.19. The van der Waals surface area contributed by atoms with Gasteiger partial charge in [-0.1, -0.05) is 19.0 Å². The van der Waals surface area contributed by atoms with Crippen LogP contribution in [-0.4, -0.2) is 33.4 Å². The highest BCUT2D eigenvalue weighted by molar-refractivity contribution is 5.88. The first-order chi connectivity index (χ1) is 6.02. The zero-order chi connectivity index (χ0) is 10.0. The van der Waals surface area contributed by atoms with Crippen molar-refractivity contribution in [3.05, 3.63) is 11.7 Å². The zero-order valence-electron chi connectivity index (χ0n) is 7.68. The van der Waals surface area contributed by atoms with Crippen LogP contribution in [0.4, 0.5) is 0 Å². The average Bonchev–Trinajstić information content (AvgIpc) is 2.50. The number of hydroxylamine groups is 2. The first-order valence-corrected chi connectivity index (χ1v) is 3.83. The van der Waals surface area contributed by atoms with Crippen LogP contribution in [0.1, 0.15) is 36.3 Å². The molecule has 6 heteroatoms. The fourth-order valence-corrected chi connectivity index (χ4v) is 0.695. The molecule has 0 atom stereocenters. The van der Waals surface area contributed by atoms with E-state index in [1.165, 1.54) is 7.05 Å². The molecule has 0 fully saturated rings. The summed E-state index contributed by atoms with van der Waals surface area (Å²) < 4.78 is 4.64. The van der Waals surface area contributed by atoms with Crippen LogP contribution < -0.4 is 0 Å². The highest BCUT2D eigenvalue weighted by Crippen LogP contribution is 2.09. The molecule has 1 amide bonds. The fraction of sp³-hybridized carbons (Fsp3) is 0.571. The van der Waals surface area contributed by atoms with E-state index in [0.717, 1.165) is 0 Å². The number of hydrogen-bond donors (Lipinski definition) is 1. The average molecular weight is 185 g/mol. The molecule has 0 unspecified atom stereocenters. The topological polar surface area (TPSA) is 79.5 Å². The molecule has 0 aromatic carbocycles. The molecule has 1 rings (SSSR count). The number of rotatable bonds is 2. The van der Waals surface area contributed by atoms with Gasteiger partial charge in [0.05, 0.1) is 0 Å². The quantitative estimate of drug-likeness (QED) is 0.540. The summed E-state index contributed by atoms with van der Waals surface area (Å²) in [5, 5.41) is 12.8. The van der Waals surface area contributed by atoms with Crippen molar-refractivity contribution in [1.29, 1.82) is 0 Å². The van der Waals surface area contributed by atoms with Gasteiger partial charge >= 0.3 is 11.8 Å². The van der Waals surface area contributed by atoms with Gasteiger partial charge in [-0.05, 0) is 0 Å². The smallest absolute Gasteiger partial charge is 0.328 e. The van der Waals surface area contributed by atoms with E-state index in [0.29, 0.717) is 10.9 Å². The first kappa shape index (κ1) is 9.66. The van der Waals surface area contributed by atoms with Crippen molar-refractivity contribution in [3.8, 4) is 0 Å². The molecule has 1 heterocycles. The number of amides is 1. The van der Waals surface area contributed by atoms with Gasteiger partial charge in [0.2, 0.25) is 0 Å². The number of nitrogens with zero attached hydrogens (tertiary/aromatic N) is 3. The van der Waals surface area contributed by atoms with E-state index in [1.54, 1.807) is 0 Å². The molecule has 13 heavy (non-hydrogen) atoms. The molecule has 1 aromatic heterocycles. The van der Waals surface area contributed by atoms with Crippen molar-refractivity contribution in [2.75, 3.05) is 7.05 Å². The minimum Gasteiger partial charge on any atom is -0.328 e. The van der Waals surface area contributed by atoms with Crippen molar-refractivity contribution < 1.29 is 14.5 Å². The van der Waals surface area contributed by atoms with Crippen LogP contribution in [-0.2, 0) is 0 Å². The molecule has 0 saturated heterocycles. The summed E-state index contributed by atoms with van der Waals surface area (Å²) in [5.41, 5.74) is 0. The summed E-state index contributed by atoms with van der Waals surface area (Å²) in [5.74, 6) is -0.368. The molecule has 6 nitrogen and oxygen atoms in total. The van der Waals surface area contributed by atoms with Gasteiger partial charge in [-0.25, -0.2) is 5.06 Å². The van der Waals surface area contributed by atoms with Crippen molar-refractivity contribution >= 4 is 5.91 Å². The predicted octanol–water partition coefficient (Wildman–Crippen LogP) is 0.654. The Labute approximate surface area is 75.1 Å². The molecule has 1 N–H and O–H groups in total. The molecule has 0 bridgehead atoms. The Bertz CT molecular complexity index is 306. The Balaban J connectivity index is 2.86. The lowest BCUT2D eigenvalue weighted by Gasteiger charge is -2.02. The molecule has 0 aliphatic carbocycles. The van der Waals surface area contributed by atoms with E-state index in [-0.39, 0.29) is 11.8 Å². The van der Waals surface area contributed by atoms with Crippen molar-refractivity contribution in [2.24, 2.45) is 0 Å². The van der Waals surface area contributed by atoms with Gasteiger partial charge in [0, 0.05) is 13.0 Å². The second kappa shape index (κ2) is 3.53. The Morgan fingerprint density at radius 1 is 1.62 bits per heavy atom. The molecule has 0 aliphatic heterocycles. The second-order valence-corrected chi connectivity index (χ2v) is 2.94. The van der Waals surface area contributed by atoms with E-state index in [9.17, 15) is 4.79 Å². The summed E-state index contributed by atoms with van der Waals surface area (Å²) in [7, 11) is 1.20. The fourth-order valence-electron chi connectivity index (χ4n) is 0.695. The third-order valence-electron chi connectivity index (χ3n) is 1.44. The maximum Gasteiger partial charge on any atom is 0.335 e. The predicted molar refractivity (Wildman–Crippen MR) is 42.3 cm³/mol. The van der Waals surface area contributed by atoms with Gasteiger partial charge in [0.15, 0.2) is 5.82 Å². The Kier molecular flexibility index (Phi) is 2.62. The van der Waals surface area contributed by atoms with Crippen molar-refractivity contribution in [1.82, 2.24) is 15.2 Å². The van der Waals surface area contributed by atoms with E-state index < -0.39 is 5.91 Å². The van der Waals surface area contributed by atoms with Crippen LogP contribution in [0.3, 0.4) is 0 Å². The van der Waals surface area contributed by atoms with Crippen LogP contribution in [0.25, 0.3) is 0 Å². The van der Waals surface area contributed by atoms with E-state index in [4.69, 9.17) is 5.21 Å². The normalized spacial score (nSPS) is 10.5. The largest absolute Gasteiger partial charge is 0.335 e. The molecule has 72 valence electrons.